The van der Waals surface area contributed by atoms with Crippen LogP contribution in [0.25, 0.3) is 0 Å². The van der Waals surface area contributed by atoms with Crippen molar-refractivity contribution in [1.82, 2.24) is 30.1 Å². The number of hydroxylamine groups is 1. The molecule has 0 aliphatic carbocycles. The van der Waals surface area contributed by atoms with Gasteiger partial charge in [0.1, 0.15) is 0 Å². The third-order valence-corrected chi connectivity index (χ3v) is 0.462. The topological polar surface area (TPSA) is 204 Å². The van der Waals surface area contributed by atoms with Crippen LogP contribution < -0.4 is 35.8 Å². The fourth-order valence-electron chi connectivity index (χ4n) is 0.212. The van der Waals surface area contributed by atoms with E-state index in [0.717, 1.165) is 0 Å². The third-order valence-electron chi connectivity index (χ3n) is 0.462. The van der Waals surface area contributed by atoms with Gasteiger partial charge in [-0.2, -0.15) is 5.48 Å². The third kappa shape index (κ3) is 46.8. The second kappa shape index (κ2) is 29.5. The molecule has 0 aliphatic heterocycles. The minimum atomic E-state index is -0.349. The number of nitrogens with one attached hydrogen (secondary N) is 1. The molecule has 0 saturated heterocycles. The summed E-state index contributed by atoms with van der Waals surface area (Å²) in [5, 5.41) is 0. The van der Waals surface area contributed by atoms with Gasteiger partial charge in [0.15, 0.2) is 0 Å². The number of rotatable bonds is 3. The van der Waals surface area contributed by atoms with Crippen LogP contribution in [0.3, 0.4) is 0 Å². The van der Waals surface area contributed by atoms with E-state index in [1.165, 1.54) is 6.92 Å². The zero-order valence-corrected chi connectivity index (χ0v) is 7.64. The van der Waals surface area contributed by atoms with Crippen LogP contribution in [0.5, 0.6) is 0 Å². The van der Waals surface area contributed by atoms with Crippen LogP contribution in [-0.4, -0.2) is 48.6 Å². The maximum atomic E-state index is 9.99. The zero-order chi connectivity index (χ0) is 6.41. The summed E-state index contributed by atoms with van der Waals surface area (Å²) in [4.78, 5) is 14.3. The molecule has 15 N–H and O–H groups in total. The molecule has 0 aromatic heterocycles. The van der Waals surface area contributed by atoms with Crippen LogP contribution in [-0.2, 0) is 9.63 Å². The molecule has 0 aromatic carbocycles. The van der Waals surface area contributed by atoms with Gasteiger partial charge in [-0.3, -0.25) is 4.79 Å². The van der Waals surface area contributed by atoms with E-state index in [1.54, 1.807) is 0 Å². The summed E-state index contributed by atoms with van der Waals surface area (Å²) >= 11 is 0. The monoisotopic (exact) mass is 210 g/mol. The molecule has 9 heteroatoms. The van der Waals surface area contributed by atoms with Crippen molar-refractivity contribution in [3.05, 3.63) is 0 Å². The van der Waals surface area contributed by atoms with E-state index in [4.69, 9.17) is 5.73 Å². The Labute approximate surface area is 101 Å². The van der Waals surface area contributed by atoms with Crippen molar-refractivity contribution in [2.45, 2.75) is 6.92 Å². The van der Waals surface area contributed by atoms with Gasteiger partial charge in [-0.25, -0.2) is 0 Å². The first kappa shape index (κ1) is 37.9. The molecule has 0 saturated carbocycles. The van der Waals surface area contributed by atoms with Crippen molar-refractivity contribution in [3.8, 4) is 0 Å². The van der Waals surface area contributed by atoms with Gasteiger partial charge in [-0.15, -0.1) is 0 Å². The van der Waals surface area contributed by atoms with Gasteiger partial charge in [0, 0.05) is 20.0 Å². The van der Waals surface area contributed by atoms with E-state index in [-0.39, 0.29) is 60.1 Å². The number of nitrogens with two attached hydrogens (primary N) is 1. The Hall–Kier alpha value is 0.230. The van der Waals surface area contributed by atoms with E-state index >= 15 is 0 Å². The second-order valence-electron chi connectivity index (χ2n) is 1.28. The molecule has 0 bridgehead atoms. The Morgan fingerprint density at radius 3 is 1.92 bits per heavy atom. The molecule has 0 spiro atoms. The van der Waals surface area contributed by atoms with Gasteiger partial charge in [-0.1, -0.05) is 0 Å². The number of carbonyl (C=O) groups excluding carboxylic acids is 1. The van der Waals surface area contributed by atoms with Crippen LogP contribution >= 0.6 is 0 Å². The molecule has 0 aliphatic rings. The second-order valence-corrected chi connectivity index (χ2v) is 1.28. The van der Waals surface area contributed by atoms with Crippen molar-refractivity contribution >= 4 is 35.5 Å². The Kier molecular flexibility index (Phi) is 85.9. The minimum absolute atomic E-state index is 0. The molecule has 0 atom stereocenters. The predicted molar refractivity (Wildman–Crippen MR) is 56.1 cm³/mol. The van der Waals surface area contributed by atoms with E-state index in [9.17, 15) is 4.79 Å². The van der Waals surface area contributed by atoms with E-state index in [2.05, 4.69) is 10.3 Å². The molecular formula is C4H23N6NaO2. The molecule has 0 amide bonds. The molecular weight excluding hydrogens is 187 g/mol. The molecule has 8 nitrogen and oxygen atoms in total. The summed E-state index contributed by atoms with van der Waals surface area (Å²) < 4.78 is 0. The van der Waals surface area contributed by atoms with Gasteiger partial charge in [0.2, 0.25) is 0 Å². The zero-order valence-electron chi connectivity index (χ0n) is 7.64. The average Bonchev–Trinajstić information content (AvgIpc) is 1.66. The predicted octanol–water partition coefficient (Wildman–Crippen LogP) is -0.988. The van der Waals surface area contributed by atoms with Crippen molar-refractivity contribution in [3.63, 3.8) is 0 Å². The average molecular weight is 210 g/mol. The normalized spacial score (nSPS) is 5.38. The fourth-order valence-corrected chi connectivity index (χ4v) is 0.212. The first-order chi connectivity index (χ1) is 3.77. The first-order valence-corrected chi connectivity index (χ1v) is 2.37. The molecule has 82 valence electrons. The van der Waals surface area contributed by atoms with Gasteiger partial charge in [-0.05, 0) is 0 Å². The number of hydrogen-bond acceptors (Lipinski definition) is 8. The van der Waals surface area contributed by atoms with Gasteiger partial charge in [0.05, 0.1) is 0 Å². The fraction of sp³-hybridized carbons (Fsp3) is 0.750. The SMILES string of the molecule is CC(=O)ONCCN.N.N.N.N.[NaH]. The summed E-state index contributed by atoms with van der Waals surface area (Å²) in [7, 11) is 0. The summed E-state index contributed by atoms with van der Waals surface area (Å²) in [5.41, 5.74) is 7.42. The molecule has 0 aromatic rings. The summed E-state index contributed by atoms with van der Waals surface area (Å²) in [6.07, 6.45) is 0. The van der Waals surface area contributed by atoms with E-state index in [1.807, 2.05) is 0 Å². The Balaban J connectivity index is -0.0000000245. The molecule has 0 rings (SSSR count). The van der Waals surface area contributed by atoms with Crippen molar-refractivity contribution < 1.29 is 9.63 Å². The molecule has 0 unspecified atom stereocenters. The summed E-state index contributed by atoms with van der Waals surface area (Å²) in [6, 6.07) is 0. The van der Waals surface area contributed by atoms with Crippen LogP contribution in [0.4, 0.5) is 0 Å². The van der Waals surface area contributed by atoms with Gasteiger partial charge < -0.3 is 35.2 Å². The number of carbonyl (C=O) groups is 1. The molecule has 0 radical (unpaired) electrons. The standard InChI is InChI=1S/C4H10N2O2.4H3N.Na.H/c1-4(7)8-6-3-2-5;;;;;;/h6H,2-3,5H2,1H3;4*1H3;;. The molecule has 13 heavy (non-hydrogen) atoms. The van der Waals surface area contributed by atoms with Crippen LogP contribution in [0.15, 0.2) is 0 Å². The number of hydrogen-bond donors (Lipinski definition) is 6. The van der Waals surface area contributed by atoms with Gasteiger partial charge in [0.25, 0.3) is 0 Å². The van der Waals surface area contributed by atoms with Crippen LogP contribution in [0, 0.1) is 0 Å². The molecule has 0 fully saturated rings. The molecule has 0 heterocycles. The van der Waals surface area contributed by atoms with E-state index < -0.39 is 0 Å². The van der Waals surface area contributed by atoms with Crippen LogP contribution in [0.1, 0.15) is 6.92 Å². The van der Waals surface area contributed by atoms with E-state index in [0.29, 0.717) is 13.1 Å². The van der Waals surface area contributed by atoms with Gasteiger partial charge >= 0.3 is 35.5 Å². The maximum absolute atomic E-state index is 9.99. The van der Waals surface area contributed by atoms with Crippen molar-refractivity contribution in [2.24, 2.45) is 5.73 Å². The quantitative estimate of drug-likeness (QED) is 0.193. The first-order valence-electron chi connectivity index (χ1n) is 2.37. The summed E-state index contributed by atoms with van der Waals surface area (Å²) in [5.74, 6) is -0.349. The van der Waals surface area contributed by atoms with Crippen LogP contribution in [0.2, 0.25) is 0 Å². The Bertz CT molecular complexity index is 85.0. The Morgan fingerprint density at radius 1 is 1.31 bits per heavy atom. The van der Waals surface area contributed by atoms with Crippen molar-refractivity contribution in [1.29, 1.82) is 0 Å². The summed E-state index contributed by atoms with van der Waals surface area (Å²) in [6.45, 7) is 2.29. The van der Waals surface area contributed by atoms with Crippen molar-refractivity contribution in [2.75, 3.05) is 13.1 Å². The Morgan fingerprint density at radius 2 is 1.69 bits per heavy atom.